The van der Waals surface area contributed by atoms with E-state index < -0.39 is 0 Å². The van der Waals surface area contributed by atoms with Gasteiger partial charge in [-0.15, -0.1) is 10.2 Å². The van der Waals surface area contributed by atoms with Crippen LogP contribution in [-0.4, -0.2) is 31.5 Å². The summed E-state index contributed by atoms with van der Waals surface area (Å²) in [5, 5.41) is 22.3. The van der Waals surface area contributed by atoms with Crippen LogP contribution < -0.4 is 5.32 Å². The minimum absolute atomic E-state index is 0.143. The first-order valence-electron chi connectivity index (χ1n) is 7.98. The topological polar surface area (TPSA) is 80.0 Å². The molecule has 0 spiro atoms. The van der Waals surface area contributed by atoms with Crippen molar-refractivity contribution < 1.29 is 9.90 Å². The summed E-state index contributed by atoms with van der Waals surface area (Å²) in [6.45, 7) is 2.58. The highest BCUT2D eigenvalue weighted by Crippen LogP contribution is 2.30. The quantitative estimate of drug-likeness (QED) is 0.622. The highest BCUT2D eigenvalue weighted by atomic mass is 35.5. The molecule has 0 fully saturated rings. The summed E-state index contributed by atoms with van der Waals surface area (Å²) in [5.41, 5.74) is 1.26. The summed E-state index contributed by atoms with van der Waals surface area (Å²) in [7, 11) is 0. The first-order chi connectivity index (χ1) is 12.6. The highest BCUT2D eigenvalue weighted by molar-refractivity contribution is 7.99. The van der Waals surface area contributed by atoms with Crippen LogP contribution in [0.1, 0.15) is 6.92 Å². The van der Waals surface area contributed by atoms with E-state index in [-0.39, 0.29) is 17.4 Å². The predicted molar refractivity (Wildman–Crippen MR) is 104 cm³/mol. The van der Waals surface area contributed by atoms with Crippen LogP contribution in [-0.2, 0) is 11.3 Å². The fourth-order valence-electron chi connectivity index (χ4n) is 2.44. The van der Waals surface area contributed by atoms with Crippen molar-refractivity contribution in [3.05, 3.63) is 53.6 Å². The zero-order valence-corrected chi connectivity index (χ0v) is 15.6. The lowest BCUT2D eigenvalue weighted by Crippen LogP contribution is -2.14. The third-order valence-corrected chi connectivity index (χ3v) is 4.82. The number of phenols is 1. The molecular weight excluding hydrogens is 372 g/mol. The number of hydrogen-bond donors (Lipinski definition) is 2. The average Bonchev–Trinajstić information content (AvgIpc) is 3.03. The second-order valence-electron chi connectivity index (χ2n) is 5.41. The molecule has 6 nitrogen and oxygen atoms in total. The predicted octanol–water partition coefficient (Wildman–Crippen LogP) is 4.05. The van der Waals surface area contributed by atoms with E-state index in [1.807, 2.05) is 17.6 Å². The molecule has 0 aliphatic heterocycles. The third-order valence-electron chi connectivity index (χ3n) is 3.62. The fourth-order valence-corrected chi connectivity index (χ4v) is 3.43. The van der Waals surface area contributed by atoms with Crippen molar-refractivity contribution in [2.75, 3.05) is 11.1 Å². The molecule has 0 saturated heterocycles. The van der Waals surface area contributed by atoms with Gasteiger partial charge in [-0.05, 0) is 37.3 Å². The van der Waals surface area contributed by atoms with E-state index >= 15 is 0 Å². The Balaban J connectivity index is 1.71. The summed E-state index contributed by atoms with van der Waals surface area (Å²) in [4.78, 5) is 12.2. The molecule has 0 atom stereocenters. The van der Waals surface area contributed by atoms with Crippen molar-refractivity contribution in [2.24, 2.45) is 0 Å². The maximum absolute atomic E-state index is 12.2. The number of aromatic nitrogens is 3. The molecule has 0 saturated carbocycles. The maximum Gasteiger partial charge on any atom is 0.234 e. The van der Waals surface area contributed by atoms with Gasteiger partial charge in [0.15, 0.2) is 11.0 Å². The monoisotopic (exact) mass is 388 g/mol. The summed E-state index contributed by atoms with van der Waals surface area (Å²) in [6.07, 6.45) is 0. The molecule has 3 rings (SSSR count). The molecule has 0 bridgehead atoms. The Hall–Kier alpha value is -2.51. The van der Waals surface area contributed by atoms with Crippen LogP contribution in [0.4, 0.5) is 5.69 Å². The van der Waals surface area contributed by atoms with Gasteiger partial charge in [-0.1, -0.05) is 41.6 Å². The molecule has 0 unspecified atom stereocenters. The van der Waals surface area contributed by atoms with Crippen LogP contribution in [0.25, 0.3) is 11.4 Å². The molecule has 1 amide bonds. The molecule has 1 heterocycles. The Morgan fingerprint density at radius 3 is 2.77 bits per heavy atom. The van der Waals surface area contributed by atoms with Crippen molar-refractivity contribution in [3.63, 3.8) is 0 Å². The lowest BCUT2D eigenvalue weighted by molar-refractivity contribution is -0.113. The Kier molecular flexibility index (Phi) is 5.80. The number of aromatic hydroxyl groups is 1. The number of nitrogens with zero attached hydrogens (tertiary/aromatic N) is 3. The number of halogens is 1. The van der Waals surface area contributed by atoms with Crippen LogP contribution >= 0.6 is 23.4 Å². The first-order valence-corrected chi connectivity index (χ1v) is 9.34. The molecule has 2 N–H and O–H groups in total. The van der Waals surface area contributed by atoms with Crippen LogP contribution in [0, 0.1) is 0 Å². The molecule has 0 aliphatic carbocycles. The van der Waals surface area contributed by atoms with Gasteiger partial charge in [0, 0.05) is 17.3 Å². The molecule has 0 aliphatic rings. The van der Waals surface area contributed by atoms with Crippen molar-refractivity contribution in [1.29, 1.82) is 0 Å². The van der Waals surface area contributed by atoms with Crippen LogP contribution in [0.3, 0.4) is 0 Å². The summed E-state index contributed by atoms with van der Waals surface area (Å²) in [6, 6.07) is 14.0. The normalized spacial score (nSPS) is 10.7. The van der Waals surface area contributed by atoms with E-state index in [1.165, 1.54) is 11.8 Å². The molecule has 1 aromatic heterocycles. The van der Waals surface area contributed by atoms with Gasteiger partial charge < -0.3 is 15.0 Å². The lowest BCUT2D eigenvalue weighted by Gasteiger charge is -2.09. The standard InChI is InChI=1S/C18H17ClN4O2S/c1-2-23-17(14-8-3-4-9-15(14)24)21-22-18(23)26-11-16(25)20-13-7-5-6-12(19)10-13/h3-10,24H,2,11H2,1H3,(H,20,25). The number of para-hydroxylation sites is 1. The fraction of sp³-hybridized carbons (Fsp3) is 0.167. The van der Waals surface area contributed by atoms with E-state index in [0.29, 0.717) is 33.8 Å². The van der Waals surface area contributed by atoms with Gasteiger partial charge in [-0.3, -0.25) is 4.79 Å². The number of rotatable bonds is 6. The molecule has 26 heavy (non-hydrogen) atoms. The number of benzene rings is 2. The van der Waals surface area contributed by atoms with E-state index in [1.54, 1.807) is 42.5 Å². The zero-order chi connectivity index (χ0) is 18.5. The third kappa shape index (κ3) is 4.17. The van der Waals surface area contributed by atoms with E-state index in [4.69, 9.17) is 11.6 Å². The SMILES string of the molecule is CCn1c(SCC(=O)Nc2cccc(Cl)c2)nnc1-c1ccccc1O. The van der Waals surface area contributed by atoms with Gasteiger partial charge in [0.25, 0.3) is 0 Å². The second kappa shape index (κ2) is 8.25. The summed E-state index contributed by atoms with van der Waals surface area (Å²) < 4.78 is 1.87. The number of phenolic OH excluding ortho intramolecular Hbond substituents is 1. The van der Waals surface area contributed by atoms with Gasteiger partial charge >= 0.3 is 0 Å². The van der Waals surface area contributed by atoms with Gasteiger partial charge in [-0.2, -0.15) is 0 Å². The molecular formula is C18H17ClN4O2S. The highest BCUT2D eigenvalue weighted by Gasteiger charge is 2.16. The zero-order valence-electron chi connectivity index (χ0n) is 14.0. The van der Waals surface area contributed by atoms with Gasteiger partial charge in [0.05, 0.1) is 11.3 Å². The second-order valence-corrected chi connectivity index (χ2v) is 6.79. The molecule has 3 aromatic rings. The minimum atomic E-state index is -0.160. The first kappa shape index (κ1) is 18.3. The number of hydrogen-bond acceptors (Lipinski definition) is 5. The number of carbonyl (C=O) groups is 1. The smallest absolute Gasteiger partial charge is 0.234 e. The number of carbonyl (C=O) groups excluding carboxylic acids is 1. The largest absolute Gasteiger partial charge is 0.507 e. The van der Waals surface area contributed by atoms with E-state index in [0.717, 1.165) is 0 Å². The Labute approximate surface area is 160 Å². The lowest BCUT2D eigenvalue weighted by atomic mass is 10.2. The van der Waals surface area contributed by atoms with Gasteiger partial charge in [0.1, 0.15) is 5.75 Å². The van der Waals surface area contributed by atoms with E-state index in [2.05, 4.69) is 15.5 Å². The Morgan fingerprint density at radius 1 is 1.23 bits per heavy atom. The molecule has 2 aromatic carbocycles. The summed E-state index contributed by atoms with van der Waals surface area (Å²) >= 11 is 7.20. The number of amides is 1. The van der Waals surface area contributed by atoms with Gasteiger partial charge in [0.2, 0.25) is 5.91 Å². The van der Waals surface area contributed by atoms with Crippen LogP contribution in [0.5, 0.6) is 5.75 Å². The number of nitrogens with one attached hydrogen (secondary N) is 1. The van der Waals surface area contributed by atoms with Crippen molar-refractivity contribution >= 4 is 35.0 Å². The Bertz CT molecular complexity index is 929. The van der Waals surface area contributed by atoms with Crippen LogP contribution in [0.2, 0.25) is 5.02 Å². The average molecular weight is 389 g/mol. The van der Waals surface area contributed by atoms with Crippen LogP contribution in [0.15, 0.2) is 53.7 Å². The minimum Gasteiger partial charge on any atom is -0.507 e. The maximum atomic E-state index is 12.2. The number of anilines is 1. The van der Waals surface area contributed by atoms with Crippen molar-refractivity contribution in [3.8, 4) is 17.1 Å². The Morgan fingerprint density at radius 2 is 2.04 bits per heavy atom. The summed E-state index contributed by atoms with van der Waals surface area (Å²) in [5.74, 6) is 0.742. The van der Waals surface area contributed by atoms with Crippen molar-refractivity contribution in [1.82, 2.24) is 14.8 Å². The molecule has 8 heteroatoms. The number of thioether (sulfide) groups is 1. The molecule has 134 valence electrons. The van der Waals surface area contributed by atoms with E-state index in [9.17, 15) is 9.90 Å². The molecule has 0 radical (unpaired) electrons. The van der Waals surface area contributed by atoms with Crippen molar-refractivity contribution in [2.45, 2.75) is 18.6 Å². The van der Waals surface area contributed by atoms with Gasteiger partial charge in [-0.25, -0.2) is 0 Å².